The summed E-state index contributed by atoms with van der Waals surface area (Å²) in [6.45, 7) is 5.42. The Morgan fingerprint density at radius 2 is 1.87 bits per heavy atom. The molecule has 0 aliphatic carbocycles. The lowest BCUT2D eigenvalue weighted by Crippen LogP contribution is -2.41. The van der Waals surface area contributed by atoms with E-state index >= 15 is 0 Å². The third kappa shape index (κ3) is 4.79. The van der Waals surface area contributed by atoms with E-state index in [4.69, 9.17) is 19.6 Å². The van der Waals surface area contributed by atoms with Crippen molar-refractivity contribution in [2.75, 3.05) is 31.2 Å². The van der Waals surface area contributed by atoms with Gasteiger partial charge in [-0.2, -0.15) is 4.98 Å². The van der Waals surface area contributed by atoms with Crippen LogP contribution in [0.2, 0.25) is 0 Å². The van der Waals surface area contributed by atoms with Gasteiger partial charge in [0.1, 0.15) is 17.1 Å². The highest BCUT2D eigenvalue weighted by atomic mass is 32.2. The fourth-order valence-corrected chi connectivity index (χ4v) is 4.64. The zero-order chi connectivity index (χ0) is 22.8. The number of sulfonamides is 1. The molecule has 2 N–H and O–H groups in total. The summed E-state index contributed by atoms with van der Waals surface area (Å²) in [5.74, 6) is -0.929. The van der Waals surface area contributed by atoms with Crippen molar-refractivity contribution in [3.05, 3.63) is 17.1 Å². The number of aromatic nitrogens is 2. The van der Waals surface area contributed by atoms with Crippen molar-refractivity contribution in [1.29, 1.82) is 0 Å². The molecule has 0 spiro atoms. The molecule has 170 valence electrons. The average molecular weight is 455 g/mol. The second kappa shape index (κ2) is 9.18. The topological polar surface area (TPSA) is 155 Å². The number of hydrogen-bond donors (Lipinski definition) is 1. The number of fused-ring (bicyclic) bond motifs is 1. The van der Waals surface area contributed by atoms with Crippen molar-refractivity contribution in [3.63, 3.8) is 0 Å². The van der Waals surface area contributed by atoms with Gasteiger partial charge in [-0.3, -0.25) is 4.79 Å². The smallest absolute Gasteiger partial charge is 0.342 e. The summed E-state index contributed by atoms with van der Waals surface area (Å²) in [6.07, 6.45) is 0.779. The number of carbonyl (C=O) groups excluding carboxylic acids is 2. The fourth-order valence-electron chi connectivity index (χ4n) is 3.50. The molecule has 0 radical (unpaired) electrons. The SMILES string of the molecule is CCOC(=O)c1c(C)oc2nc(COC(=O)C3CCN(S(=O)(=O)CC)CC3)nc(N)c12. The molecule has 0 saturated carbocycles. The number of aryl methyl sites for hydroxylation is 1. The molecule has 1 fully saturated rings. The molecule has 1 aliphatic heterocycles. The lowest BCUT2D eigenvalue weighted by molar-refractivity contribution is -0.151. The Labute approximate surface area is 179 Å². The summed E-state index contributed by atoms with van der Waals surface area (Å²) < 4.78 is 41.1. The molecule has 0 aromatic carbocycles. The van der Waals surface area contributed by atoms with Gasteiger partial charge in [-0.15, -0.1) is 0 Å². The van der Waals surface area contributed by atoms with Gasteiger partial charge in [-0.05, 0) is 33.6 Å². The van der Waals surface area contributed by atoms with Crippen molar-refractivity contribution in [3.8, 4) is 0 Å². The molecule has 1 aliphatic rings. The molecule has 11 nitrogen and oxygen atoms in total. The van der Waals surface area contributed by atoms with Crippen LogP contribution in [0.4, 0.5) is 5.82 Å². The molecule has 0 amide bonds. The minimum Gasteiger partial charge on any atom is -0.462 e. The molecule has 0 atom stereocenters. The van der Waals surface area contributed by atoms with Gasteiger partial charge in [0.25, 0.3) is 0 Å². The maximum Gasteiger partial charge on any atom is 0.342 e. The maximum absolute atomic E-state index is 12.4. The second-order valence-electron chi connectivity index (χ2n) is 7.14. The van der Waals surface area contributed by atoms with Crippen LogP contribution in [0, 0.1) is 12.8 Å². The molecular formula is C19H26N4O7S. The molecule has 2 aromatic heterocycles. The Bertz CT molecular complexity index is 1090. The van der Waals surface area contributed by atoms with Crippen LogP contribution in [-0.4, -0.2) is 60.1 Å². The Hall–Kier alpha value is -2.73. The van der Waals surface area contributed by atoms with Gasteiger partial charge < -0.3 is 19.6 Å². The zero-order valence-electron chi connectivity index (χ0n) is 17.7. The number of anilines is 1. The number of rotatable bonds is 7. The zero-order valence-corrected chi connectivity index (χ0v) is 18.5. The van der Waals surface area contributed by atoms with E-state index in [1.807, 2.05) is 0 Å². The van der Waals surface area contributed by atoms with Crippen LogP contribution in [0.15, 0.2) is 4.42 Å². The third-order valence-electron chi connectivity index (χ3n) is 5.17. The first-order chi connectivity index (χ1) is 14.7. The van der Waals surface area contributed by atoms with E-state index in [1.54, 1.807) is 20.8 Å². The largest absolute Gasteiger partial charge is 0.462 e. The lowest BCUT2D eigenvalue weighted by Gasteiger charge is -2.29. The van der Waals surface area contributed by atoms with Crippen LogP contribution >= 0.6 is 0 Å². The number of nitrogens with two attached hydrogens (primary N) is 1. The van der Waals surface area contributed by atoms with Crippen LogP contribution in [-0.2, 0) is 30.9 Å². The number of nitrogens with zero attached hydrogens (tertiary/aromatic N) is 3. The predicted octanol–water partition coefficient (Wildman–Crippen LogP) is 1.40. The van der Waals surface area contributed by atoms with Crippen LogP contribution < -0.4 is 5.73 Å². The van der Waals surface area contributed by atoms with Crippen LogP contribution in [0.25, 0.3) is 11.1 Å². The highest BCUT2D eigenvalue weighted by Crippen LogP contribution is 2.29. The van der Waals surface area contributed by atoms with Gasteiger partial charge in [-0.25, -0.2) is 22.5 Å². The number of ether oxygens (including phenoxy) is 2. The quantitative estimate of drug-likeness (QED) is 0.607. The van der Waals surface area contributed by atoms with E-state index in [0.29, 0.717) is 18.6 Å². The first-order valence-electron chi connectivity index (χ1n) is 10.0. The van der Waals surface area contributed by atoms with E-state index in [2.05, 4.69) is 9.97 Å². The Kier molecular flexibility index (Phi) is 6.80. The maximum atomic E-state index is 12.4. The van der Waals surface area contributed by atoms with Crippen LogP contribution in [0.1, 0.15) is 48.6 Å². The second-order valence-corrected chi connectivity index (χ2v) is 9.40. The predicted molar refractivity (Wildman–Crippen MR) is 110 cm³/mol. The van der Waals surface area contributed by atoms with Crippen LogP contribution in [0.5, 0.6) is 0 Å². The van der Waals surface area contributed by atoms with Crippen molar-refractivity contribution >= 4 is 38.9 Å². The summed E-state index contributed by atoms with van der Waals surface area (Å²) in [5, 5.41) is 0.260. The molecule has 3 heterocycles. The molecule has 31 heavy (non-hydrogen) atoms. The van der Waals surface area contributed by atoms with Gasteiger partial charge in [-0.1, -0.05) is 0 Å². The summed E-state index contributed by atoms with van der Waals surface area (Å²) >= 11 is 0. The highest BCUT2D eigenvalue weighted by molar-refractivity contribution is 7.89. The van der Waals surface area contributed by atoms with Crippen molar-refractivity contribution < 1.29 is 31.9 Å². The number of furan rings is 1. The molecule has 12 heteroatoms. The number of hydrogen-bond acceptors (Lipinski definition) is 10. The van der Waals surface area contributed by atoms with Gasteiger partial charge >= 0.3 is 11.9 Å². The van der Waals surface area contributed by atoms with E-state index < -0.39 is 27.9 Å². The van der Waals surface area contributed by atoms with Crippen molar-refractivity contribution in [2.24, 2.45) is 5.92 Å². The normalized spacial score (nSPS) is 15.8. The molecule has 0 bridgehead atoms. The lowest BCUT2D eigenvalue weighted by atomic mass is 9.98. The summed E-state index contributed by atoms with van der Waals surface area (Å²) in [4.78, 5) is 32.9. The number of carbonyl (C=O) groups is 2. The van der Waals surface area contributed by atoms with E-state index in [1.165, 1.54) is 4.31 Å². The molecule has 1 saturated heterocycles. The van der Waals surface area contributed by atoms with Gasteiger partial charge in [0.2, 0.25) is 15.7 Å². The van der Waals surface area contributed by atoms with E-state index in [9.17, 15) is 18.0 Å². The fraction of sp³-hybridized carbons (Fsp3) is 0.579. The minimum absolute atomic E-state index is 0.0223. The van der Waals surface area contributed by atoms with Gasteiger partial charge in [0, 0.05) is 13.1 Å². The third-order valence-corrected chi connectivity index (χ3v) is 7.05. The molecule has 3 rings (SSSR count). The number of piperidine rings is 1. The Morgan fingerprint density at radius 1 is 1.19 bits per heavy atom. The molecule has 2 aromatic rings. The number of nitrogen functional groups attached to an aromatic ring is 1. The van der Waals surface area contributed by atoms with Crippen molar-refractivity contribution in [2.45, 2.75) is 40.2 Å². The minimum atomic E-state index is -3.26. The van der Waals surface area contributed by atoms with E-state index in [0.717, 1.165) is 0 Å². The monoisotopic (exact) mass is 454 g/mol. The average Bonchev–Trinajstić information content (AvgIpc) is 3.08. The number of esters is 2. The first-order valence-corrected chi connectivity index (χ1v) is 11.7. The summed E-state index contributed by atoms with van der Waals surface area (Å²) in [6, 6.07) is 0. The van der Waals surface area contributed by atoms with Gasteiger partial charge in [0.15, 0.2) is 12.4 Å². The summed E-state index contributed by atoms with van der Waals surface area (Å²) in [5.41, 5.74) is 6.28. The van der Waals surface area contributed by atoms with Gasteiger partial charge in [0.05, 0.1) is 23.7 Å². The Balaban J connectivity index is 1.66. The standard InChI is InChI=1S/C19H26N4O7S/c1-4-28-19(25)14-11(3)30-17-15(14)16(20)21-13(22-17)10-29-18(24)12-6-8-23(9-7-12)31(26,27)5-2/h12H,4-10H2,1-3H3,(H2,20,21,22). The van der Waals surface area contributed by atoms with Crippen molar-refractivity contribution in [1.82, 2.24) is 14.3 Å². The van der Waals surface area contributed by atoms with Crippen LogP contribution in [0.3, 0.4) is 0 Å². The first kappa shape index (κ1) is 22.9. The summed E-state index contributed by atoms with van der Waals surface area (Å²) in [7, 11) is -3.26. The molecular weight excluding hydrogens is 428 g/mol. The van der Waals surface area contributed by atoms with E-state index in [-0.39, 0.29) is 60.4 Å². The molecule has 0 unspecified atom stereocenters. The highest BCUT2D eigenvalue weighted by Gasteiger charge is 2.31. The Morgan fingerprint density at radius 3 is 2.48 bits per heavy atom.